The van der Waals surface area contributed by atoms with Crippen molar-refractivity contribution in [3.05, 3.63) is 4.91 Å². The van der Waals surface area contributed by atoms with Gasteiger partial charge in [-0.1, -0.05) is 0 Å². The van der Waals surface area contributed by atoms with Crippen molar-refractivity contribution in [2.75, 3.05) is 0 Å². The molecule has 0 saturated heterocycles. The van der Waals surface area contributed by atoms with Gasteiger partial charge in [0.2, 0.25) is 10.5 Å². The van der Waals surface area contributed by atoms with E-state index in [1.165, 1.54) is 0 Å². The summed E-state index contributed by atoms with van der Waals surface area (Å²) in [5.74, 6) is 0. The molecule has 0 radical (unpaired) electrons. The maximum absolute atomic E-state index is 8.83. The first kappa shape index (κ1) is 4.58. The lowest BCUT2D eigenvalue weighted by atomic mass is 13.4. The normalized spacial score (nSPS) is 7.20. The van der Waals surface area contributed by atoms with E-state index in [4.69, 9.17) is 4.91 Å². The van der Waals surface area contributed by atoms with E-state index in [0.717, 1.165) is 0 Å². The van der Waals surface area contributed by atoms with Crippen LogP contribution in [0.4, 0.5) is 0 Å². The van der Waals surface area contributed by atoms with E-state index in [9.17, 15) is 0 Å². The van der Waals surface area contributed by atoms with Crippen LogP contribution in [-0.2, 0) is 9.57 Å². The lowest BCUT2D eigenvalue weighted by Gasteiger charge is -1.77. The average Bonchev–Trinajstić information content (AvgIpc) is 1.41. The Morgan fingerprint density at radius 1 is 1.80 bits per heavy atom. The summed E-state index contributed by atoms with van der Waals surface area (Å²) in [6, 6.07) is 0. The molecule has 0 bridgehead atoms. The van der Waals surface area contributed by atoms with E-state index in [2.05, 4.69) is 9.57 Å². The molecule has 0 spiro atoms. The molecule has 0 aromatic carbocycles. The van der Waals surface area contributed by atoms with Gasteiger partial charge in [0.05, 0.1) is 0 Å². The fourth-order valence-electron chi connectivity index (χ4n) is 0.0304. The Balaban J connectivity index is 2.40. The van der Waals surface area contributed by atoms with Gasteiger partial charge in [-0.3, -0.25) is 0 Å². The molecule has 0 fully saturated rings. The lowest BCUT2D eigenvalue weighted by Crippen LogP contribution is -1.74. The Bertz CT molecular complexity index is 28.1. The van der Waals surface area contributed by atoms with Crippen molar-refractivity contribution in [3.8, 4) is 0 Å². The molecule has 0 N–H and O–H groups in total. The summed E-state index contributed by atoms with van der Waals surface area (Å²) < 4.78 is 3.85. The maximum atomic E-state index is 8.83. The third-order valence-electron chi connectivity index (χ3n) is 0.105. The molecule has 0 unspecified atom stereocenters. The van der Waals surface area contributed by atoms with Crippen LogP contribution in [0.15, 0.2) is 5.34 Å². The molecule has 0 aliphatic carbocycles. The van der Waals surface area contributed by atoms with Crippen LogP contribution in [-0.4, -0.2) is 10.5 Å². The van der Waals surface area contributed by atoms with Gasteiger partial charge in [0.15, 0.2) is 5.34 Å². The van der Waals surface area contributed by atoms with Crippen molar-refractivity contribution in [3.63, 3.8) is 0 Å². The molecular weight excluding hydrogens is 90.1 g/mol. The number of hydrogen-bond donors (Lipinski definition) is 0. The Hall–Kier alpha value is -0.423. The van der Waals surface area contributed by atoms with Gasteiger partial charge >= 0.3 is 0 Å². The summed E-state index contributed by atoms with van der Waals surface area (Å²) in [6.07, 6.45) is 0. The van der Waals surface area contributed by atoms with Crippen molar-refractivity contribution in [2.24, 2.45) is 5.34 Å². The highest BCUT2D eigenvalue weighted by Gasteiger charge is 1.60. The van der Waals surface area contributed by atoms with Crippen molar-refractivity contribution < 1.29 is 9.57 Å². The average molecular weight is 93.1 g/mol. The molecule has 0 aliphatic heterocycles. The first-order chi connectivity index (χ1) is 2.41. The van der Waals surface area contributed by atoms with E-state index in [-0.39, 0.29) is 0 Å². The number of rotatable bonds is 2. The number of hydrogen-bond acceptors (Lipinski definition) is 4. The molecule has 0 atom stereocenters. The topological polar surface area (TPSA) is 47.9 Å². The van der Waals surface area contributed by atoms with Gasteiger partial charge in [-0.05, 0) is 0 Å². The minimum absolute atomic E-state index is 0.383. The Morgan fingerprint density at radius 3 is 2.40 bits per heavy atom. The molecule has 0 rings (SSSR count). The van der Waals surface area contributed by atoms with Crippen LogP contribution in [0.3, 0.4) is 0 Å². The van der Waals surface area contributed by atoms with E-state index >= 15 is 0 Å². The summed E-state index contributed by atoms with van der Waals surface area (Å²) in [5, 5.41) is 1.92. The van der Waals surface area contributed by atoms with Gasteiger partial charge in [-0.2, -0.15) is 4.99 Å². The quantitative estimate of drug-likeness (QED) is 0.188. The minimum atomic E-state index is 0.383. The fourth-order valence-corrected chi connectivity index (χ4v) is 0.0913. The van der Waals surface area contributed by atoms with Crippen LogP contribution in [0.2, 0.25) is 0 Å². The lowest BCUT2D eigenvalue weighted by molar-refractivity contribution is -0.206. The van der Waals surface area contributed by atoms with Gasteiger partial charge in [-0.15, -0.1) is 4.91 Å². The maximum Gasteiger partial charge on any atom is 0.212 e. The molecule has 0 amide bonds. The van der Waals surface area contributed by atoms with Crippen LogP contribution < -0.4 is 0 Å². The zero-order chi connectivity index (χ0) is 4.12. The van der Waals surface area contributed by atoms with Crippen molar-refractivity contribution in [1.29, 1.82) is 0 Å². The SMILES string of the molecule is O=NOO[SiH3]. The minimum Gasteiger partial charge on any atom is -0.227 e. The molecular formula is H3NO3Si. The molecule has 5 heavy (non-hydrogen) atoms. The summed E-state index contributed by atoms with van der Waals surface area (Å²) in [4.78, 5) is 12.3. The fraction of sp³-hybridized carbons (Fsp3) is 0. The van der Waals surface area contributed by atoms with Crippen LogP contribution >= 0.6 is 0 Å². The largest absolute Gasteiger partial charge is 0.227 e. The summed E-state index contributed by atoms with van der Waals surface area (Å²) in [5.41, 5.74) is 0. The van der Waals surface area contributed by atoms with E-state index < -0.39 is 0 Å². The van der Waals surface area contributed by atoms with Crippen molar-refractivity contribution in [1.82, 2.24) is 0 Å². The van der Waals surface area contributed by atoms with Crippen LogP contribution in [0.1, 0.15) is 0 Å². The van der Waals surface area contributed by atoms with Gasteiger partial charge < -0.3 is 0 Å². The zero-order valence-corrected chi connectivity index (χ0v) is 4.67. The summed E-state index contributed by atoms with van der Waals surface area (Å²) >= 11 is 0. The van der Waals surface area contributed by atoms with Crippen molar-refractivity contribution >= 4 is 10.5 Å². The van der Waals surface area contributed by atoms with E-state index in [1.807, 2.05) is 5.34 Å². The molecule has 0 aromatic heterocycles. The second-order valence-corrected chi connectivity index (χ2v) is 0.649. The van der Waals surface area contributed by atoms with Gasteiger partial charge in [0.1, 0.15) is 0 Å². The molecule has 0 aromatic rings. The third kappa shape index (κ3) is 3.58. The predicted molar refractivity (Wildman–Crippen MR) is 17.9 cm³/mol. The Labute approximate surface area is 31.5 Å². The highest BCUT2D eigenvalue weighted by molar-refractivity contribution is 5.97. The molecule has 0 saturated carbocycles. The molecule has 30 valence electrons. The van der Waals surface area contributed by atoms with E-state index in [0.29, 0.717) is 10.5 Å². The third-order valence-corrected chi connectivity index (χ3v) is 0.254. The molecule has 4 nitrogen and oxygen atoms in total. The Morgan fingerprint density at radius 2 is 2.40 bits per heavy atom. The molecule has 0 heterocycles. The van der Waals surface area contributed by atoms with Gasteiger partial charge in [0, 0.05) is 0 Å². The Kier molecular flexibility index (Phi) is 3.27. The second-order valence-electron chi connectivity index (χ2n) is 0.316. The zero-order valence-electron chi connectivity index (χ0n) is 2.67. The monoisotopic (exact) mass is 93.0 g/mol. The van der Waals surface area contributed by atoms with Crippen LogP contribution in [0, 0.1) is 4.91 Å². The second kappa shape index (κ2) is 3.58. The summed E-state index contributed by atoms with van der Waals surface area (Å²) in [6.45, 7) is 0. The van der Waals surface area contributed by atoms with Crippen LogP contribution in [0.5, 0.6) is 0 Å². The van der Waals surface area contributed by atoms with E-state index in [1.54, 1.807) is 0 Å². The first-order valence-electron chi connectivity index (χ1n) is 0.940. The van der Waals surface area contributed by atoms with Crippen LogP contribution in [0.25, 0.3) is 0 Å². The molecule has 0 aliphatic rings. The first-order valence-corrected chi connectivity index (χ1v) is 1.76. The molecule has 5 heteroatoms. The predicted octanol–water partition coefficient (Wildman–Crippen LogP) is -1.10. The smallest absolute Gasteiger partial charge is 0.212 e. The summed E-state index contributed by atoms with van der Waals surface area (Å²) in [7, 11) is 0.383. The highest BCUT2D eigenvalue weighted by atomic mass is 28.2. The van der Waals surface area contributed by atoms with Gasteiger partial charge in [0.25, 0.3) is 0 Å². The standard InChI is InChI=1S/H3NO3Si/c2-1-3-4-5/h5H3. The highest BCUT2D eigenvalue weighted by Crippen LogP contribution is 1.64. The van der Waals surface area contributed by atoms with Gasteiger partial charge in [-0.25, -0.2) is 4.58 Å². The number of nitrogens with zero attached hydrogens (tertiary/aromatic N) is 1. The van der Waals surface area contributed by atoms with Crippen molar-refractivity contribution in [2.45, 2.75) is 0 Å².